The van der Waals surface area contributed by atoms with Gasteiger partial charge >= 0.3 is 0 Å². The Balaban J connectivity index is 1.24. The second-order valence-corrected chi connectivity index (χ2v) is 9.62. The summed E-state index contributed by atoms with van der Waals surface area (Å²) in [6.07, 6.45) is 11.7. The van der Waals surface area contributed by atoms with Crippen molar-refractivity contribution in [1.82, 2.24) is 24.8 Å². The Hall–Kier alpha value is -3.19. The first-order valence-electron chi connectivity index (χ1n) is 12.2. The lowest BCUT2D eigenvalue weighted by Gasteiger charge is -2.37. The van der Waals surface area contributed by atoms with Crippen LogP contribution in [0.2, 0.25) is 0 Å². The number of rotatable bonds is 8. The van der Waals surface area contributed by atoms with E-state index in [9.17, 15) is 4.79 Å². The van der Waals surface area contributed by atoms with E-state index in [0.717, 1.165) is 49.6 Å². The minimum Gasteiger partial charge on any atom is -0.493 e. The molecule has 0 saturated carbocycles. The number of fused-ring (bicyclic) bond motifs is 1. The van der Waals surface area contributed by atoms with E-state index in [2.05, 4.69) is 38.4 Å². The number of benzene rings is 1. The normalized spacial score (nSPS) is 20.1. The molecule has 2 atom stereocenters. The van der Waals surface area contributed by atoms with E-state index in [1.54, 1.807) is 12.4 Å². The van der Waals surface area contributed by atoms with Crippen molar-refractivity contribution < 1.29 is 9.53 Å². The van der Waals surface area contributed by atoms with Gasteiger partial charge in [0, 0.05) is 57.4 Å². The number of carbonyl (C=O) groups excluding carboxylic acids is 1. The molecule has 1 aromatic carbocycles. The number of imidazole rings is 1. The number of carbonyl (C=O) groups is 1. The topological polar surface area (TPSA) is 72.3 Å². The van der Waals surface area contributed by atoms with Gasteiger partial charge in [0.05, 0.1) is 19.1 Å². The van der Waals surface area contributed by atoms with E-state index >= 15 is 0 Å². The highest BCUT2D eigenvalue weighted by atomic mass is 16.5. The zero-order chi connectivity index (χ0) is 23.3. The third-order valence-electron chi connectivity index (χ3n) is 7.01. The molecule has 1 amide bonds. The van der Waals surface area contributed by atoms with Crippen LogP contribution in [-0.2, 0) is 37.8 Å². The molecule has 34 heavy (non-hydrogen) atoms. The van der Waals surface area contributed by atoms with E-state index in [-0.39, 0.29) is 17.7 Å². The van der Waals surface area contributed by atoms with Crippen LogP contribution in [0, 0.1) is 11.8 Å². The molecule has 0 spiro atoms. The second-order valence-electron chi connectivity index (χ2n) is 9.62. The largest absolute Gasteiger partial charge is 0.493 e. The Morgan fingerprint density at radius 2 is 2.09 bits per heavy atom. The Morgan fingerprint density at radius 1 is 1.18 bits per heavy atom. The molecule has 1 aliphatic carbocycles. The van der Waals surface area contributed by atoms with Crippen LogP contribution in [0.4, 0.5) is 0 Å². The minimum atomic E-state index is -0.0840. The number of aromatic nitrogens is 3. The fraction of sp³-hybridized carbons (Fsp3) is 0.444. The lowest BCUT2D eigenvalue weighted by atomic mass is 9.88. The summed E-state index contributed by atoms with van der Waals surface area (Å²) in [6, 6.07) is 10.4. The molecule has 0 unspecified atom stereocenters. The van der Waals surface area contributed by atoms with Crippen LogP contribution in [0.1, 0.15) is 35.4 Å². The summed E-state index contributed by atoms with van der Waals surface area (Å²) in [5.74, 6) is 2.24. The average molecular weight is 460 g/mol. The summed E-state index contributed by atoms with van der Waals surface area (Å²) < 4.78 is 8.29. The monoisotopic (exact) mass is 459 g/mol. The first kappa shape index (κ1) is 22.6. The zero-order valence-corrected chi connectivity index (χ0v) is 19.8. The molecular weight excluding hydrogens is 426 g/mol. The maximum absolute atomic E-state index is 13.1. The number of amides is 1. The summed E-state index contributed by atoms with van der Waals surface area (Å²) >= 11 is 0. The lowest BCUT2D eigenvalue weighted by molar-refractivity contribution is -0.128. The van der Waals surface area contributed by atoms with Gasteiger partial charge in [0.15, 0.2) is 0 Å². The Morgan fingerprint density at radius 3 is 2.91 bits per heavy atom. The fourth-order valence-electron chi connectivity index (χ4n) is 5.18. The van der Waals surface area contributed by atoms with Gasteiger partial charge in [-0.3, -0.25) is 14.7 Å². The first-order chi connectivity index (χ1) is 16.6. The number of aryl methyl sites for hydroxylation is 3. The van der Waals surface area contributed by atoms with E-state index in [4.69, 9.17) is 4.74 Å². The molecule has 1 aliphatic heterocycles. The number of piperidine rings is 1. The van der Waals surface area contributed by atoms with Crippen LogP contribution in [0.3, 0.4) is 0 Å². The van der Waals surface area contributed by atoms with Crippen molar-refractivity contribution in [3.05, 3.63) is 77.6 Å². The van der Waals surface area contributed by atoms with Gasteiger partial charge in [0.2, 0.25) is 5.91 Å². The molecule has 2 aliphatic rings. The molecule has 2 aromatic heterocycles. The minimum absolute atomic E-state index is 0.0840. The van der Waals surface area contributed by atoms with Crippen molar-refractivity contribution in [2.75, 3.05) is 19.7 Å². The highest BCUT2D eigenvalue weighted by molar-refractivity contribution is 5.79. The number of hydrogen-bond donors (Lipinski definition) is 1. The van der Waals surface area contributed by atoms with E-state index in [1.165, 1.54) is 24.0 Å². The van der Waals surface area contributed by atoms with Crippen LogP contribution in [0.15, 0.2) is 55.1 Å². The van der Waals surface area contributed by atoms with Crippen molar-refractivity contribution in [2.24, 2.45) is 18.9 Å². The summed E-state index contributed by atoms with van der Waals surface area (Å²) in [5.41, 5.74) is 3.88. The van der Waals surface area contributed by atoms with Crippen LogP contribution in [-0.4, -0.2) is 45.0 Å². The number of likely N-dealkylation sites (tertiary alicyclic amines) is 1. The van der Waals surface area contributed by atoms with Gasteiger partial charge in [-0.1, -0.05) is 12.1 Å². The third kappa shape index (κ3) is 5.47. The fourth-order valence-corrected chi connectivity index (χ4v) is 5.18. The molecule has 7 nitrogen and oxygen atoms in total. The average Bonchev–Trinajstić information content (AvgIpc) is 3.50. The molecule has 1 saturated heterocycles. The molecule has 1 N–H and O–H groups in total. The zero-order valence-electron chi connectivity index (χ0n) is 19.8. The van der Waals surface area contributed by atoms with Gasteiger partial charge in [0.1, 0.15) is 11.6 Å². The molecule has 178 valence electrons. The van der Waals surface area contributed by atoms with Gasteiger partial charge in [-0.15, -0.1) is 0 Å². The summed E-state index contributed by atoms with van der Waals surface area (Å²) in [5, 5.41) is 3.11. The van der Waals surface area contributed by atoms with Crippen LogP contribution in [0.5, 0.6) is 5.75 Å². The lowest BCUT2D eigenvalue weighted by Crippen LogP contribution is -2.47. The van der Waals surface area contributed by atoms with Crippen LogP contribution >= 0.6 is 0 Å². The Labute approximate surface area is 201 Å². The predicted octanol–water partition coefficient (Wildman–Crippen LogP) is 3.14. The van der Waals surface area contributed by atoms with Gasteiger partial charge in [0.25, 0.3) is 0 Å². The molecule has 0 bridgehead atoms. The highest BCUT2D eigenvalue weighted by Gasteiger charge is 2.32. The van der Waals surface area contributed by atoms with Crippen molar-refractivity contribution in [3.63, 3.8) is 0 Å². The molecule has 3 aromatic rings. The smallest absolute Gasteiger partial charge is 0.224 e. The molecule has 7 heteroatoms. The summed E-state index contributed by atoms with van der Waals surface area (Å²) in [6.45, 7) is 3.46. The number of hydrogen-bond acceptors (Lipinski definition) is 5. The predicted molar refractivity (Wildman–Crippen MR) is 130 cm³/mol. The maximum atomic E-state index is 13.1. The maximum Gasteiger partial charge on any atom is 0.224 e. The standard InChI is InChI=1S/C27H33N5O2/c1-31-11-10-29-26(31)18-32-16-21(19-34-25-8-7-22-5-2-6-23(22)13-25)12-24(17-32)27(33)30-15-20-4-3-9-28-14-20/h3-4,7-11,13-14,21,24H,2,5-6,12,15-19H2,1H3,(H,30,33)/t21-,24+/m0/s1. The number of ether oxygens (including phenoxy) is 1. The highest BCUT2D eigenvalue weighted by Crippen LogP contribution is 2.28. The number of nitrogens with zero attached hydrogens (tertiary/aromatic N) is 4. The van der Waals surface area contributed by atoms with Crippen LogP contribution in [0.25, 0.3) is 0 Å². The number of pyridine rings is 1. The molecule has 5 rings (SSSR count). The van der Waals surface area contributed by atoms with Crippen molar-refractivity contribution >= 4 is 5.91 Å². The SMILES string of the molecule is Cn1ccnc1CN1C[C@@H](COc2ccc3c(c2)CCC3)C[C@@H](C(=O)NCc2cccnc2)C1. The van der Waals surface area contributed by atoms with Gasteiger partial charge in [-0.25, -0.2) is 4.98 Å². The third-order valence-corrected chi connectivity index (χ3v) is 7.01. The van der Waals surface area contributed by atoms with Crippen molar-refractivity contribution in [3.8, 4) is 5.75 Å². The van der Waals surface area contributed by atoms with Crippen molar-refractivity contribution in [2.45, 2.75) is 38.8 Å². The van der Waals surface area contributed by atoms with Gasteiger partial charge < -0.3 is 14.6 Å². The Kier molecular flexibility index (Phi) is 6.90. The van der Waals surface area contributed by atoms with Gasteiger partial charge in [-0.2, -0.15) is 0 Å². The molecule has 0 radical (unpaired) electrons. The van der Waals surface area contributed by atoms with E-state index in [0.29, 0.717) is 13.2 Å². The van der Waals surface area contributed by atoms with Gasteiger partial charge in [-0.05, 0) is 60.6 Å². The van der Waals surface area contributed by atoms with E-state index < -0.39 is 0 Å². The van der Waals surface area contributed by atoms with E-state index in [1.807, 2.05) is 36.1 Å². The second kappa shape index (κ2) is 10.4. The molecule has 3 heterocycles. The van der Waals surface area contributed by atoms with Crippen LogP contribution < -0.4 is 10.1 Å². The molecule has 1 fully saturated rings. The first-order valence-corrected chi connectivity index (χ1v) is 12.2. The summed E-state index contributed by atoms with van der Waals surface area (Å²) in [4.78, 5) is 24.1. The summed E-state index contributed by atoms with van der Waals surface area (Å²) in [7, 11) is 2.01. The number of nitrogens with one attached hydrogen (secondary N) is 1. The Bertz CT molecular complexity index is 1110. The molecular formula is C27H33N5O2. The quantitative estimate of drug-likeness (QED) is 0.560. The van der Waals surface area contributed by atoms with Crippen molar-refractivity contribution in [1.29, 1.82) is 0 Å².